The number of hydrogen-bond donors (Lipinski definition) is 2. The van der Waals surface area contributed by atoms with Crippen molar-refractivity contribution in [2.45, 2.75) is 65.8 Å². The molecule has 0 radical (unpaired) electrons. The highest BCUT2D eigenvalue weighted by Gasteiger charge is 2.17. The Kier molecular flexibility index (Phi) is 9.67. The molecule has 3 N–H and O–H groups in total. The molecule has 0 aliphatic carbocycles. The van der Waals surface area contributed by atoms with Gasteiger partial charge in [0, 0.05) is 5.54 Å². The molecular formula is C16H36N2O. The van der Waals surface area contributed by atoms with Crippen LogP contribution in [0.1, 0.15) is 60.3 Å². The molecular weight excluding hydrogens is 236 g/mol. The van der Waals surface area contributed by atoms with Gasteiger partial charge in [-0.05, 0) is 64.1 Å². The van der Waals surface area contributed by atoms with Crippen LogP contribution in [0.3, 0.4) is 0 Å². The fourth-order valence-electron chi connectivity index (χ4n) is 2.00. The van der Waals surface area contributed by atoms with E-state index in [9.17, 15) is 5.11 Å². The van der Waals surface area contributed by atoms with E-state index in [0.29, 0.717) is 0 Å². The van der Waals surface area contributed by atoms with Gasteiger partial charge in [-0.25, -0.2) is 0 Å². The lowest BCUT2D eigenvalue weighted by molar-refractivity contribution is 0.184. The minimum Gasteiger partial charge on any atom is -0.394 e. The van der Waals surface area contributed by atoms with Crippen molar-refractivity contribution in [1.29, 1.82) is 0 Å². The summed E-state index contributed by atoms with van der Waals surface area (Å²) in [6.07, 6.45) is 4.49. The van der Waals surface area contributed by atoms with Crippen LogP contribution in [0.15, 0.2) is 0 Å². The van der Waals surface area contributed by atoms with E-state index in [1.807, 2.05) is 6.92 Å². The Morgan fingerprint density at radius 2 is 1.47 bits per heavy atom. The lowest BCUT2D eigenvalue weighted by atomic mass is 9.98. The molecule has 0 aliphatic rings. The van der Waals surface area contributed by atoms with Crippen molar-refractivity contribution in [3.63, 3.8) is 0 Å². The van der Waals surface area contributed by atoms with Crippen LogP contribution >= 0.6 is 0 Å². The van der Waals surface area contributed by atoms with Crippen molar-refractivity contribution in [3.8, 4) is 0 Å². The Hall–Kier alpha value is -0.120. The molecule has 1 unspecified atom stereocenters. The van der Waals surface area contributed by atoms with Crippen LogP contribution in [0.2, 0.25) is 0 Å². The van der Waals surface area contributed by atoms with Crippen molar-refractivity contribution in [2.75, 3.05) is 26.2 Å². The second-order valence-electron chi connectivity index (χ2n) is 7.12. The number of nitrogens with two attached hydrogens (primary N) is 1. The molecule has 0 aliphatic heterocycles. The van der Waals surface area contributed by atoms with Gasteiger partial charge in [0.2, 0.25) is 0 Å². The second kappa shape index (κ2) is 9.73. The average Bonchev–Trinajstić information content (AvgIpc) is 2.31. The average molecular weight is 272 g/mol. The molecule has 0 fully saturated rings. The molecule has 0 aromatic rings. The Balaban J connectivity index is 4.03. The molecule has 116 valence electrons. The lowest BCUT2D eigenvalue weighted by Crippen LogP contribution is -2.41. The van der Waals surface area contributed by atoms with Crippen molar-refractivity contribution >= 4 is 0 Å². The third-order valence-corrected chi connectivity index (χ3v) is 3.63. The Morgan fingerprint density at radius 3 is 1.84 bits per heavy atom. The number of nitrogens with zero attached hydrogens (tertiary/aromatic N) is 1. The minimum atomic E-state index is -0.415. The smallest absolute Gasteiger partial charge is 0.0608 e. The number of aliphatic hydroxyl groups is 1. The summed E-state index contributed by atoms with van der Waals surface area (Å²) in [5.74, 6) is 1.53. The summed E-state index contributed by atoms with van der Waals surface area (Å²) in [4.78, 5) is 2.56. The van der Waals surface area contributed by atoms with Crippen LogP contribution in [0.4, 0.5) is 0 Å². The van der Waals surface area contributed by atoms with E-state index in [1.165, 1.54) is 25.9 Å². The molecule has 0 amide bonds. The van der Waals surface area contributed by atoms with Crippen LogP contribution in [0, 0.1) is 11.8 Å². The second-order valence-corrected chi connectivity index (χ2v) is 7.12. The molecule has 0 rings (SSSR count). The molecule has 1 atom stereocenters. The van der Waals surface area contributed by atoms with E-state index in [-0.39, 0.29) is 6.61 Å². The van der Waals surface area contributed by atoms with Gasteiger partial charge >= 0.3 is 0 Å². The Bertz CT molecular complexity index is 203. The predicted octanol–water partition coefficient (Wildman–Crippen LogP) is 2.87. The van der Waals surface area contributed by atoms with Gasteiger partial charge in [-0.3, -0.25) is 0 Å². The first-order valence-corrected chi connectivity index (χ1v) is 7.89. The van der Waals surface area contributed by atoms with Crippen LogP contribution in [-0.2, 0) is 0 Å². The summed E-state index contributed by atoms with van der Waals surface area (Å²) in [5, 5.41) is 9.17. The van der Waals surface area contributed by atoms with Crippen LogP contribution in [0.25, 0.3) is 0 Å². The summed E-state index contributed by atoms with van der Waals surface area (Å²) in [7, 11) is 0. The minimum absolute atomic E-state index is 0.0744. The molecule has 3 heteroatoms. The van der Waals surface area contributed by atoms with Gasteiger partial charge in [0.05, 0.1) is 6.61 Å². The first-order valence-electron chi connectivity index (χ1n) is 7.89. The highest BCUT2D eigenvalue weighted by molar-refractivity contribution is 4.77. The highest BCUT2D eigenvalue weighted by Crippen LogP contribution is 2.11. The van der Waals surface area contributed by atoms with Gasteiger partial charge in [-0.15, -0.1) is 0 Å². The van der Waals surface area contributed by atoms with Gasteiger partial charge in [0.1, 0.15) is 0 Å². The van der Waals surface area contributed by atoms with Gasteiger partial charge in [0.25, 0.3) is 0 Å². The fraction of sp³-hybridized carbons (Fsp3) is 1.00. The highest BCUT2D eigenvalue weighted by atomic mass is 16.3. The van der Waals surface area contributed by atoms with E-state index in [2.05, 4.69) is 32.6 Å². The van der Waals surface area contributed by atoms with E-state index in [0.717, 1.165) is 31.2 Å². The summed E-state index contributed by atoms with van der Waals surface area (Å²) in [6, 6.07) is 0. The zero-order chi connectivity index (χ0) is 14.9. The molecule has 0 bridgehead atoms. The van der Waals surface area contributed by atoms with E-state index in [1.54, 1.807) is 0 Å². The standard InChI is InChI=1S/C16H36N2O/c1-14(2)7-11-18(12-8-15(3)4)10-6-9-16(5,17)13-19/h14-15,19H,6-13,17H2,1-5H3. The summed E-state index contributed by atoms with van der Waals surface area (Å²) >= 11 is 0. The third kappa shape index (κ3) is 11.4. The van der Waals surface area contributed by atoms with E-state index in [4.69, 9.17) is 5.73 Å². The maximum atomic E-state index is 9.17. The van der Waals surface area contributed by atoms with Gasteiger partial charge in [-0.1, -0.05) is 27.7 Å². The summed E-state index contributed by atoms with van der Waals surface area (Å²) in [5.41, 5.74) is 5.56. The van der Waals surface area contributed by atoms with E-state index < -0.39 is 5.54 Å². The number of rotatable bonds is 11. The molecule has 19 heavy (non-hydrogen) atoms. The summed E-state index contributed by atoms with van der Waals surface area (Å²) < 4.78 is 0. The molecule has 0 saturated heterocycles. The largest absolute Gasteiger partial charge is 0.394 e. The third-order valence-electron chi connectivity index (χ3n) is 3.63. The zero-order valence-corrected chi connectivity index (χ0v) is 13.8. The number of hydrogen-bond acceptors (Lipinski definition) is 3. The van der Waals surface area contributed by atoms with Crippen molar-refractivity contribution in [3.05, 3.63) is 0 Å². The van der Waals surface area contributed by atoms with Crippen molar-refractivity contribution in [2.24, 2.45) is 17.6 Å². The monoisotopic (exact) mass is 272 g/mol. The Morgan fingerprint density at radius 1 is 1.00 bits per heavy atom. The molecule has 0 aromatic heterocycles. The van der Waals surface area contributed by atoms with Gasteiger partial charge in [0.15, 0.2) is 0 Å². The molecule has 0 saturated carbocycles. The van der Waals surface area contributed by atoms with Crippen LogP contribution < -0.4 is 5.73 Å². The van der Waals surface area contributed by atoms with Crippen LogP contribution in [0.5, 0.6) is 0 Å². The topological polar surface area (TPSA) is 49.5 Å². The van der Waals surface area contributed by atoms with E-state index >= 15 is 0 Å². The molecule has 3 nitrogen and oxygen atoms in total. The quantitative estimate of drug-likeness (QED) is 0.608. The molecule has 0 spiro atoms. The van der Waals surface area contributed by atoms with Gasteiger partial charge in [-0.2, -0.15) is 0 Å². The SMILES string of the molecule is CC(C)CCN(CCCC(C)(N)CO)CCC(C)C. The van der Waals surface area contributed by atoms with Crippen LogP contribution in [-0.4, -0.2) is 41.8 Å². The normalized spacial score (nSPS) is 15.5. The van der Waals surface area contributed by atoms with Crippen molar-refractivity contribution in [1.82, 2.24) is 4.90 Å². The summed E-state index contributed by atoms with van der Waals surface area (Å²) in [6.45, 7) is 14.6. The number of aliphatic hydroxyl groups excluding tert-OH is 1. The first kappa shape index (κ1) is 18.9. The predicted molar refractivity (Wildman–Crippen MR) is 84.3 cm³/mol. The first-order chi connectivity index (χ1) is 8.76. The zero-order valence-electron chi connectivity index (χ0n) is 13.8. The van der Waals surface area contributed by atoms with Gasteiger partial charge < -0.3 is 15.7 Å². The van der Waals surface area contributed by atoms with Crippen molar-refractivity contribution < 1.29 is 5.11 Å². The maximum Gasteiger partial charge on any atom is 0.0608 e. The molecule has 0 aromatic carbocycles. The lowest BCUT2D eigenvalue weighted by Gasteiger charge is -2.27. The maximum absolute atomic E-state index is 9.17. The molecule has 0 heterocycles. The Labute approximate surface area is 120 Å². The fourth-order valence-corrected chi connectivity index (χ4v) is 2.00.